The molecule has 0 aliphatic heterocycles. The van der Waals surface area contributed by atoms with Gasteiger partial charge in [-0.3, -0.25) is 4.79 Å². The summed E-state index contributed by atoms with van der Waals surface area (Å²) in [6, 6.07) is 30.3. The van der Waals surface area contributed by atoms with E-state index in [1.807, 2.05) is 66.7 Å². The summed E-state index contributed by atoms with van der Waals surface area (Å²) in [6.07, 6.45) is 1.62. The highest BCUT2D eigenvalue weighted by atomic mass is 16.5. The summed E-state index contributed by atoms with van der Waals surface area (Å²) in [6.45, 7) is 2.55. The Morgan fingerprint density at radius 1 is 0.923 bits per heavy atom. The Kier molecular flexibility index (Phi) is 6.39. The van der Waals surface area contributed by atoms with Crippen LogP contribution < -0.4 is 15.0 Å². The summed E-state index contributed by atoms with van der Waals surface area (Å²) in [5.74, 6) is 2.13. The first-order valence-electron chi connectivity index (χ1n) is 12.5. The van der Waals surface area contributed by atoms with Crippen molar-refractivity contribution >= 4 is 28.1 Å². The van der Waals surface area contributed by atoms with Crippen LogP contribution in [0.25, 0.3) is 33.5 Å². The second kappa shape index (κ2) is 10.3. The second-order valence-electron chi connectivity index (χ2n) is 9.14. The topological polar surface area (TPSA) is 78.9 Å². The van der Waals surface area contributed by atoms with Gasteiger partial charge in [-0.25, -0.2) is 4.98 Å². The van der Waals surface area contributed by atoms with Crippen LogP contribution in [0.1, 0.15) is 16.7 Å². The maximum atomic E-state index is 13.5. The number of furan rings is 1. The molecule has 0 saturated carbocycles. The molecule has 0 spiro atoms. The van der Waals surface area contributed by atoms with Crippen molar-refractivity contribution in [3.05, 3.63) is 124 Å². The molecule has 0 radical (unpaired) electrons. The summed E-state index contributed by atoms with van der Waals surface area (Å²) < 4.78 is 18.8. The number of nitrogens with zero attached hydrogens (tertiary/aromatic N) is 3. The van der Waals surface area contributed by atoms with E-state index in [0.29, 0.717) is 40.4 Å². The predicted octanol–water partition coefficient (Wildman–Crippen LogP) is 6.59. The van der Waals surface area contributed by atoms with Gasteiger partial charge in [0.2, 0.25) is 5.82 Å². The van der Waals surface area contributed by atoms with Crippen molar-refractivity contribution in [2.75, 3.05) is 7.11 Å². The molecule has 7 heteroatoms. The Balaban J connectivity index is 1.34. The van der Waals surface area contributed by atoms with Gasteiger partial charge in [0.1, 0.15) is 23.7 Å². The largest absolute Gasteiger partial charge is 0.496 e. The predicted molar refractivity (Wildman–Crippen MR) is 153 cm³/mol. The Bertz CT molecular complexity index is 1880. The van der Waals surface area contributed by atoms with E-state index in [1.165, 1.54) is 10.2 Å². The molecule has 0 fully saturated rings. The molecule has 2 aromatic heterocycles. The summed E-state index contributed by atoms with van der Waals surface area (Å²) in [4.78, 5) is 18.2. The van der Waals surface area contributed by atoms with Gasteiger partial charge in [0.05, 0.1) is 29.6 Å². The minimum absolute atomic E-state index is 0.294. The highest BCUT2D eigenvalue weighted by Gasteiger charge is 2.17. The van der Waals surface area contributed by atoms with E-state index < -0.39 is 0 Å². The van der Waals surface area contributed by atoms with Crippen molar-refractivity contribution in [2.45, 2.75) is 13.5 Å². The van der Waals surface area contributed by atoms with E-state index >= 15 is 0 Å². The molecule has 2 heterocycles. The zero-order valence-corrected chi connectivity index (χ0v) is 21.5. The second-order valence-corrected chi connectivity index (χ2v) is 9.14. The molecule has 0 bridgehead atoms. The first-order valence-corrected chi connectivity index (χ1v) is 12.5. The van der Waals surface area contributed by atoms with Gasteiger partial charge in [-0.15, -0.1) is 0 Å². The summed E-state index contributed by atoms with van der Waals surface area (Å²) in [7, 11) is 1.61. The number of rotatable bonds is 7. The first-order chi connectivity index (χ1) is 19.1. The van der Waals surface area contributed by atoms with E-state index in [2.05, 4.69) is 24.2 Å². The third-order valence-corrected chi connectivity index (χ3v) is 6.41. The van der Waals surface area contributed by atoms with Crippen LogP contribution in [0.2, 0.25) is 0 Å². The molecule has 0 atom stereocenters. The molecule has 4 aromatic carbocycles. The van der Waals surface area contributed by atoms with Gasteiger partial charge in [-0.1, -0.05) is 48.0 Å². The van der Waals surface area contributed by atoms with Crippen LogP contribution >= 0.6 is 0 Å². The van der Waals surface area contributed by atoms with Gasteiger partial charge in [-0.2, -0.15) is 9.78 Å². The van der Waals surface area contributed by atoms with Gasteiger partial charge in [-0.05, 0) is 72.6 Å². The third kappa shape index (κ3) is 4.90. The van der Waals surface area contributed by atoms with Gasteiger partial charge in [0.15, 0.2) is 5.76 Å². The molecule has 6 aromatic rings. The minimum Gasteiger partial charge on any atom is -0.496 e. The van der Waals surface area contributed by atoms with Gasteiger partial charge in [0.25, 0.3) is 5.56 Å². The van der Waals surface area contributed by atoms with Gasteiger partial charge >= 0.3 is 0 Å². The number of hydrogen-bond donors (Lipinski definition) is 0. The molecule has 6 rings (SSSR count). The normalized spacial score (nSPS) is 11.4. The van der Waals surface area contributed by atoms with Crippen LogP contribution in [-0.2, 0) is 6.61 Å². The van der Waals surface area contributed by atoms with Gasteiger partial charge in [0, 0.05) is 0 Å². The number of para-hydroxylation sites is 1. The Labute approximate surface area is 224 Å². The molecule has 0 unspecified atom stereocenters. The van der Waals surface area contributed by atoms with Crippen molar-refractivity contribution in [1.29, 1.82) is 0 Å². The lowest BCUT2D eigenvalue weighted by Crippen LogP contribution is -2.20. The van der Waals surface area contributed by atoms with Crippen LogP contribution in [0.15, 0.2) is 111 Å². The molecule has 192 valence electrons. The van der Waals surface area contributed by atoms with E-state index in [4.69, 9.17) is 18.9 Å². The zero-order chi connectivity index (χ0) is 26.8. The lowest BCUT2D eigenvalue weighted by atomic mass is 10.1. The minimum atomic E-state index is -0.294. The number of methoxy groups -OCH3 is 1. The van der Waals surface area contributed by atoms with Crippen LogP contribution in [0.5, 0.6) is 11.5 Å². The fraction of sp³-hybridized carbons (Fsp3) is 0.0938. The van der Waals surface area contributed by atoms with Crippen LogP contribution in [0, 0.1) is 6.92 Å². The molecule has 39 heavy (non-hydrogen) atoms. The number of ether oxygens (including phenoxy) is 2. The molecular formula is C32H25N3O4. The highest BCUT2D eigenvalue weighted by Crippen LogP contribution is 2.32. The van der Waals surface area contributed by atoms with Crippen molar-refractivity contribution < 1.29 is 13.9 Å². The number of benzene rings is 4. The number of aromatic nitrogens is 2. The lowest BCUT2D eigenvalue weighted by Gasteiger charge is -2.08. The average Bonchev–Trinajstić information content (AvgIpc) is 3.41. The zero-order valence-electron chi connectivity index (χ0n) is 21.5. The fourth-order valence-corrected chi connectivity index (χ4v) is 4.46. The van der Waals surface area contributed by atoms with E-state index in [0.717, 1.165) is 22.3 Å². The maximum absolute atomic E-state index is 13.5. The Morgan fingerprint density at radius 3 is 2.56 bits per heavy atom. The van der Waals surface area contributed by atoms with Crippen LogP contribution in [0.3, 0.4) is 0 Å². The molecular weight excluding hydrogens is 490 g/mol. The number of aryl methyl sites for hydroxylation is 1. The quantitative estimate of drug-likeness (QED) is 0.224. The Hall–Kier alpha value is -5.17. The SMILES string of the molecule is COc1cccc2oc(-c3nc4ccccc4c(=O)n3N=Cc3ccc(OCc4cccc(C)c4)cc3)cc12. The molecule has 0 aliphatic carbocycles. The molecule has 0 saturated heterocycles. The van der Waals surface area contributed by atoms with E-state index in [1.54, 1.807) is 31.5 Å². The molecule has 0 aliphatic rings. The van der Waals surface area contributed by atoms with E-state index in [9.17, 15) is 4.79 Å². The van der Waals surface area contributed by atoms with Crippen molar-refractivity contribution in [3.63, 3.8) is 0 Å². The average molecular weight is 516 g/mol. The summed E-state index contributed by atoms with van der Waals surface area (Å²) in [5.41, 5.74) is 4.00. The standard InChI is InChI=1S/C32H25N3O4/c1-21-7-5-8-23(17-21)20-38-24-15-13-22(14-16-24)19-33-35-31(34-27-10-4-3-9-25(27)32(35)36)30-18-26-28(37-2)11-6-12-29(26)39-30/h3-19H,20H2,1-2H3. The maximum Gasteiger partial charge on any atom is 0.282 e. The highest BCUT2D eigenvalue weighted by molar-refractivity contribution is 5.88. The van der Waals surface area contributed by atoms with Crippen molar-refractivity contribution in [2.24, 2.45) is 5.10 Å². The summed E-state index contributed by atoms with van der Waals surface area (Å²) in [5, 5.41) is 5.78. The van der Waals surface area contributed by atoms with Crippen LogP contribution in [0.4, 0.5) is 0 Å². The van der Waals surface area contributed by atoms with Crippen molar-refractivity contribution in [1.82, 2.24) is 9.66 Å². The molecule has 0 amide bonds. The Morgan fingerprint density at radius 2 is 1.74 bits per heavy atom. The number of fused-ring (bicyclic) bond motifs is 2. The lowest BCUT2D eigenvalue weighted by molar-refractivity contribution is 0.306. The monoisotopic (exact) mass is 515 g/mol. The van der Waals surface area contributed by atoms with Crippen LogP contribution in [-0.4, -0.2) is 23.0 Å². The molecule has 7 nitrogen and oxygen atoms in total. The first kappa shape index (κ1) is 24.2. The smallest absolute Gasteiger partial charge is 0.282 e. The van der Waals surface area contributed by atoms with Crippen molar-refractivity contribution in [3.8, 4) is 23.1 Å². The van der Waals surface area contributed by atoms with E-state index in [-0.39, 0.29) is 5.56 Å². The number of hydrogen-bond acceptors (Lipinski definition) is 6. The van der Waals surface area contributed by atoms with Gasteiger partial charge < -0.3 is 13.9 Å². The fourth-order valence-electron chi connectivity index (χ4n) is 4.46. The molecule has 0 N–H and O–H groups in total. The third-order valence-electron chi connectivity index (χ3n) is 6.41. The summed E-state index contributed by atoms with van der Waals surface area (Å²) >= 11 is 0.